The first kappa shape index (κ1) is 14.2. The van der Waals surface area contributed by atoms with Crippen molar-refractivity contribution in [2.24, 2.45) is 5.92 Å². The number of carbonyl (C=O) groups excluding carboxylic acids is 1. The molecule has 1 aliphatic heterocycles. The molecular weight excluding hydrogens is 246 g/mol. The minimum Gasteiger partial charge on any atom is -0.452 e. The lowest BCUT2D eigenvalue weighted by Gasteiger charge is -2.26. The largest absolute Gasteiger partial charge is 0.452 e. The molecule has 1 heterocycles. The van der Waals surface area contributed by atoms with Gasteiger partial charge in [-0.15, -0.1) is 0 Å². The first-order valence-corrected chi connectivity index (χ1v) is 6.92. The molecule has 2 N–H and O–H groups in total. The molecule has 0 aromatic heterocycles. The molecule has 0 aliphatic carbocycles. The second-order valence-corrected chi connectivity index (χ2v) is 5.87. The van der Waals surface area contributed by atoms with Crippen LogP contribution in [0.2, 0.25) is 0 Å². The van der Waals surface area contributed by atoms with Crippen molar-refractivity contribution >= 4 is 16.3 Å². The number of methoxy groups -OCH3 is 1. The Morgan fingerprint density at radius 2 is 2.29 bits per heavy atom. The van der Waals surface area contributed by atoms with E-state index in [2.05, 4.69) is 10.1 Å². The van der Waals surface area contributed by atoms with E-state index in [1.54, 1.807) is 0 Å². The van der Waals surface area contributed by atoms with Gasteiger partial charge in [0.1, 0.15) is 0 Å². The molecule has 0 saturated carbocycles. The van der Waals surface area contributed by atoms with Gasteiger partial charge in [-0.05, 0) is 31.8 Å². The summed E-state index contributed by atoms with van der Waals surface area (Å²) in [6, 6.07) is 0. The van der Waals surface area contributed by atoms with Crippen LogP contribution in [0.1, 0.15) is 12.8 Å². The maximum absolute atomic E-state index is 11.7. The normalized spacial score (nSPS) is 21.2. The standard InChI is InChI=1S/C9H19N3O4S/c1-12(7-8-4-3-5-10-6-8)17(14,15)11-9(13)16-2/h8,10H,3-7H2,1-2H3,(H,11,13). The van der Waals surface area contributed by atoms with Gasteiger partial charge in [-0.1, -0.05) is 0 Å². The highest BCUT2D eigenvalue weighted by atomic mass is 32.2. The molecule has 0 aromatic carbocycles. The number of hydrogen-bond donors (Lipinski definition) is 2. The zero-order valence-electron chi connectivity index (χ0n) is 10.1. The summed E-state index contributed by atoms with van der Waals surface area (Å²) in [5.74, 6) is 0.281. The van der Waals surface area contributed by atoms with E-state index in [4.69, 9.17) is 0 Å². The van der Waals surface area contributed by atoms with Crippen molar-refractivity contribution in [2.75, 3.05) is 33.8 Å². The predicted octanol–water partition coefficient (Wildman–Crippen LogP) is -0.481. The van der Waals surface area contributed by atoms with Crippen molar-refractivity contribution in [3.8, 4) is 0 Å². The lowest BCUT2D eigenvalue weighted by Crippen LogP contribution is -2.45. The quantitative estimate of drug-likeness (QED) is 0.717. The highest BCUT2D eigenvalue weighted by Gasteiger charge is 2.24. The highest BCUT2D eigenvalue weighted by molar-refractivity contribution is 7.87. The smallest absolute Gasteiger partial charge is 0.421 e. The Labute approximate surface area is 102 Å². The molecule has 0 spiro atoms. The monoisotopic (exact) mass is 265 g/mol. The molecule has 0 aromatic rings. The predicted molar refractivity (Wildman–Crippen MR) is 62.7 cm³/mol. The van der Waals surface area contributed by atoms with Gasteiger partial charge >= 0.3 is 16.3 Å². The minimum absolute atomic E-state index is 0.281. The van der Waals surface area contributed by atoms with Gasteiger partial charge in [0.25, 0.3) is 0 Å². The third kappa shape index (κ3) is 4.49. The van der Waals surface area contributed by atoms with Crippen molar-refractivity contribution in [3.63, 3.8) is 0 Å². The Balaban J connectivity index is 2.49. The van der Waals surface area contributed by atoms with Crippen LogP contribution in [0.4, 0.5) is 4.79 Å². The van der Waals surface area contributed by atoms with Gasteiger partial charge in [0, 0.05) is 13.6 Å². The van der Waals surface area contributed by atoms with Gasteiger partial charge in [-0.3, -0.25) is 0 Å². The van der Waals surface area contributed by atoms with Crippen molar-refractivity contribution in [1.82, 2.24) is 14.3 Å². The third-order valence-electron chi connectivity index (χ3n) is 2.72. The summed E-state index contributed by atoms with van der Waals surface area (Å²) in [6.07, 6.45) is 1.06. The fourth-order valence-corrected chi connectivity index (χ4v) is 2.62. The summed E-state index contributed by atoms with van der Waals surface area (Å²) in [6.45, 7) is 2.17. The molecular formula is C9H19N3O4S. The number of ether oxygens (including phenoxy) is 1. The first-order chi connectivity index (χ1) is 7.95. The molecule has 1 saturated heterocycles. The van der Waals surface area contributed by atoms with Crippen LogP contribution in [0.5, 0.6) is 0 Å². The molecule has 1 rings (SSSR count). The molecule has 8 heteroatoms. The summed E-state index contributed by atoms with van der Waals surface area (Å²) in [5.41, 5.74) is 0. The van der Waals surface area contributed by atoms with Crippen LogP contribution in [0.15, 0.2) is 0 Å². The zero-order valence-corrected chi connectivity index (χ0v) is 10.9. The maximum atomic E-state index is 11.7. The molecule has 1 aliphatic rings. The molecule has 100 valence electrons. The summed E-state index contributed by atoms with van der Waals surface area (Å²) in [4.78, 5) is 10.9. The van der Waals surface area contributed by atoms with E-state index in [1.807, 2.05) is 4.72 Å². The number of amides is 1. The Morgan fingerprint density at radius 1 is 1.59 bits per heavy atom. The van der Waals surface area contributed by atoms with Gasteiger partial charge in [0.05, 0.1) is 7.11 Å². The molecule has 1 amide bonds. The summed E-state index contributed by atoms with van der Waals surface area (Å²) >= 11 is 0. The van der Waals surface area contributed by atoms with Gasteiger partial charge in [0.15, 0.2) is 0 Å². The van der Waals surface area contributed by atoms with E-state index in [0.29, 0.717) is 6.54 Å². The van der Waals surface area contributed by atoms with E-state index < -0.39 is 16.3 Å². The third-order valence-corrected chi connectivity index (χ3v) is 4.12. The van der Waals surface area contributed by atoms with Crippen molar-refractivity contribution in [2.45, 2.75) is 12.8 Å². The van der Waals surface area contributed by atoms with Crippen LogP contribution >= 0.6 is 0 Å². The van der Waals surface area contributed by atoms with Crippen molar-refractivity contribution in [3.05, 3.63) is 0 Å². The van der Waals surface area contributed by atoms with Gasteiger partial charge in [0.2, 0.25) is 0 Å². The number of carbonyl (C=O) groups is 1. The molecule has 17 heavy (non-hydrogen) atoms. The average Bonchev–Trinajstić information content (AvgIpc) is 2.29. The molecule has 1 unspecified atom stereocenters. The van der Waals surface area contributed by atoms with Crippen molar-refractivity contribution in [1.29, 1.82) is 0 Å². The SMILES string of the molecule is COC(=O)NS(=O)(=O)N(C)CC1CCCNC1. The van der Waals surface area contributed by atoms with E-state index in [9.17, 15) is 13.2 Å². The van der Waals surface area contributed by atoms with Crippen molar-refractivity contribution < 1.29 is 17.9 Å². The average molecular weight is 265 g/mol. The van der Waals surface area contributed by atoms with Gasteiger partial charge < -0.3 is 10.1 Å². The Morgan fingerprint density at radius 3 is 2.82 bits per heavy atom. The van der Waals surface area contributed by atoms with E-state index in [0.717, 1.165) is 37.3 Å². The van der Waals surface area contributed by atoms with Crippen LogP contribution in [0, 0.1) is 5.92 Å². The minimum atomic E-state index is -3.79. The fourth-order valence-electron chi connectivity index (χ4n) is 1.77. The number of hydrogen-bond acceptors (Lipinski definition) is 5. The lowest BCUT2D eigenvalue weighted by molar-refractivity contribution is 0.177. The number of piperidine rings is 1. The second kappa shape index (κ2) is 6.18. The van der Waals surface area contributed by atoms with Crippen LogP contribution in [0.25, 0.3) is 0 Å². The van der Waals surface area contributed by atoms with E-state index in [-0.39, 0.29) is 5.92 Å². The highest BCUT2D eigenvalue weighted by Crippen LogP contribution is 2.12. The molecule has 7 nitrogen and oxygen atoms in total. The van der Waals surface area contributed by atoms with Crippen LogP contribution in [-0.2, 0) is 14.9 Å². The number of nitrogens with one attached hydrogen (secondary N) is 2. The van der Waals surface area contributed by atoms with Gasteiger partial charge in [-0.2, -0.15) is 12.7 Å². The second-order valence-electron chi connectivity index (χ2n) is 4.09. The summed E-state index contributed by atoms with van der Waals surface area (Å²) in [7, 11) is -1.22. The maximum Gasteiger partial charge on any atom is 0.421 e. The lowest BCUT2D eigenvalue weighted by atomic mass is 10.00. The van der Waals surface area contributed by atoms with Gasteiger partial charge in [-0.25, -0.2) is 9.52 Å². The molecule has 0 radical (unpaired) electrons. The molecule has 0 bridgehead atoms. The fraction of sp³-hybridized carbons (Fsp3) is 0.889. The van der Waals surface area contributed by atoms with E-state index in [1.165, 1.54) is 7.05 Å². The zero-order chi connectivity index (χ0) is 12.9. The molecule has 1 atom stereocenters. The topological polar surface area (TPSA) is 87.7 Å². The van der Waals surface area contributed by atoms with Crippen LogP contribution in [-0.4, -0.2) is 52.6 Å². The van der Waals surface area contributed by atoms with E-state index >= 15 is 0 Å². The van der Waals surface area contributed by atoms with Crippen LogP contribution < -0.4 is 10.0 Å². The van der Waals surface area contributed by atoms with Crippen LogP contribution in [0.3, 0.4) is 0 Å². The summed E-state index contributed by atoms with van der Waals surface area (Å²) in [5, 5.41) is 3.21. The number of nitrogens with zero attached hydrogens (tertiary/aromatic N) is 1. The Bertz CT molecular complexity index is 351. The summed E-state index contributed by atoms with van der Waals surface area (Å²) < 4.78 is 30.5. The Kier molecular flexibility index (Phi) is 5.16. The first-order valence-electron chi connectivity index (χ1n) is 5.48. The molecule has 1 fully saturated rings. The number of rotatable bonds is 4. The Hall–Kier alpha value is -0.860.